The topological polar surface area (TPSA) is 70.5 Å². The van der Waals surface area contributed by atoms with Crippen LogP contribution in [0.15, 0.2) is 23.7 Å². The molecule has 1 aromatic heterocycles. The van der Waals surface area contributed by atoms with E-state index in [1.807, 2.05) is 12.3 Å². The second-order valence-corrected chi connectivity index (χ2v) is 6.22. The third-order valence-electron chi connectivity index (χ3n) is 3.90. The Morgan fingerprint density at radius 1 is 1.27 bits per heavy atom. The fourth-order valence-electron chi connectivity index (χ4n) is 2.81. The van der Waals surface area contributed by atoms with Crippen molar-refractivity contribution in [2.45, 2.75) is 19.8 Å². The van der Waals surface area contributed by atoms with Crippen molar-refractivity contribution in [1.29, 1.82) is 0 Å². The normalized spacial score (nSPS) is 14.3. The number of carboxylic acids is 1. The summed E-state index contributed by atoms with van der Waals surface area (Å²) in [5.41, 5.74) is 1.83. The molecule has 6 heteroatoms. The number of carbonyl (C=O) groups excluding carboxylic acids is 1. The van der Waals surface area contributed by atoms with Crippen LogP contribution in [0.5, 0.6) is 0 Å². The zero-order chi connectivity index (χ0) is 15.7. The van der Waals surface area contributed by atoms with Gasteiger partial charge in [-0.3, -0.25) is 4.79 Å². The van der Waals surface area contributed by atoms with E-state index in [-0.39, 0.29) is 17.0 Å². The van der Waals surface area contributed by atoms with Crippen LogP contribution >= 0.6 is 11.3 Å². The predicted octanol–water partition coefficient (Wildman–Crippen LogP) is 3.05. The lowest BCUT2D eigenvalue weighted by Crippen LogP contribution is -2.30. The Balaban J connectivity index is 2.21. The Hall–Kier alpha value is -2.21. The van der Waals surface area contributed by atoms with Gasteiger partial charge in [0.2, 0.25) is 0 Å². The van der Waals surface area contributed by atoms with Crippen LogP contribution in [0.3, 0.4) is 0 Å². The van der Waals surface area contributed by atoms with Gasteiger partial charge in [0.15, 0.2) is 0 Å². The van der Waals surface area contributed by atoms with Crippen LogP contribution in [-0.4, -0.2) is 40.0 Å². The maximum atomic E-state index is 12.9. The van der Waals surface area contributed by atoms with Crippen molar-refractivity contribution in [2.75, 3.05) is 13.1 Å². The van der Waals surface area contributed by atoms with Crippen LogP contribution in [0.4, 0.5) is 0 Å². The van der Waals surface area contributed by atoms with Crippen molar-refractivity contribution < 1.29 is 14.7 Å². The highest BCUT2D eigenvalue weighted by Crippen LogP contribution is 2.33. The Labute approximate surface area is 132 Å². The van der Waals surface area contributed by atoms with Crippen LogP contribution in [-0.2, 0) is 0 Å². The maximum absolute atomic E-state index is 12.9. The second-order valence-electron chi connectivity index (χ2n) is 5.32. The molecule has 1 saturated heterocycles. The molecule has 0 atom stereocenters. The Morgan fingerprint density at radius 3 is 2.59 bits per heavy atom. The Bertz CT molecular complexity index is 719. The highest BCUT2D eigenvalue weighted by atomic mass is 32.1. The van der Waals surface area contributed by atoms with E-state index in [1.165, 1.54) is 17.4 Å². The minimum Gasteiger partial charge on any atom is -0.478 e. The van der Waals surface area contributed by atoms with Crippen molar-refractivity contribution >= 4 is 23.2 Å². The van der Waals surface area contributed by atoms with E-state index in [1.54, 1.807) is 17.2 Å². The lowest BCUT2D eigenvalue weighted by molar-refractivity contribution is 0.0681. The van der Waals surface area contributed by atoms with Gasteiger partial charge in [-0.05, 0) is 31.4 Å². The first-order valence-corrected chi connectivity index (χ1v) is 8.03. The molecule has 3 rings (SSSR count). The van der Waals surface area contributed by atoms with Gasteiger partial charge in [-0.2, -0.15) is 0 Å². The van der Waals surface area contributed by atoms with Gasteiger partial charge in [-0.1, -0.05) is 6.07 Å². The fraction of sp³-hybridized carbons (Fsp3) is 0.312. The number of carboxylic acid groups (broad SMARTS) is 1. The first-order valence-electron chi connectivity index (χ1n) is 7.15. The van der Waals surface area contributed by atoms with Crippen LogP contribution in [0, 0.1) is 6.92 Å². The van der Waals surface area contributed by atoms with E-state index in [0.29, 0.717) is 23.7 Å². The summed E-state index contributed by atoms with van der Waals surface area (Å²) < 4.78 is 0. The van der Waals surface area contributed by atoms with Gasteiger partial charge in [0.25, 0.3) is 5.91 Å². The number of hydrogen-bond acceptors (Lipinski definition) is 4. The lowest BCUT2D eigenvalue weighted by atomic mass is 9.95. The highest BCUT2D eigenvalue weighted by Gasteiger charge is 2.29. The number of benzene rings is 1. The Morgan fingerprint density at radius 2 is 2.00 bits per heavy atom. The number of aryl methyl sites for hydroxylation is 1. The average Bonchev–Trinajstić information content (AvgIpc) is 3.19. The van der Waals surface area contributed by atoms with Crippen LogP contribution in [0.2, 0.25) is 0 Å². The standard InChI is InChI=1S/C16H16N2O3S/c1-10-4-5-11(16(20)21)13(12(10)14-17-6-9-22-14)15(19)18-7-2-3-8-18/h4-6,9H,2-3,7-8H2,1H3,(H,20,21). The number of thiazole rings is 1. The number of carbonyl (C=O) groups is 2. The van der Waals surface area contributed by atoms with E-state index in [9.17, 15) is 14.7 Å². The average molecular weight is 316 g/mol. The number of aromatic nitrogens is 1. The van der Waals surface area contributed by atoms with Crippen molar-refractivity contribution in [3.8, 4) is 10.6 Å². The molecule has 5 nitrogen and oxygen atoms in total. The molecule has 0 aliphatic carbocycles. The van der Waals surface area contributed by atoms with Crippen LogP contribution in [0.25, 0.3) is 10.6 Å². The summed E-state index contributed by atoms with van der Waals surface area (Å²) in [6.07, 6.45) is 3.59. The summed E-state index contributed by atoms with van der Waals surface area (Å²) in [5, 5.41) is 12.0. The van der Waals surface area contributed by atoms with E-state index >= 15 is 0 Å². The van der Waals surface area contributed by atoms with Gasteiger partial charge in [0.05, 0.1) is 11.1 Å². The molecule has 1 aromatic carbocycles. The molecule has 1 aliphatic rings. The number of likely N-dealkylation sites (tertiary alicyclic amines) is 1. The van der Waals surface area contributed by atoms with E-state index in [4.69, 9.17) is 0 Å². The second kappa shape index (κ2) is 5.88. The molecule has 2 heterocycles. The number of amides is 1. The maximum Gasteiger partial charge on any atom is 0.336 e. The van der Waals surface area contributed by atoms with Crippen LogP contribution in [0.1, 0.15) is 39.1 Å². The van der Waals surface area contributed by atoms with Gasteiger partial charge >= 0.3 is 5.97 Å². The molecule has 0 saturated carbocycles. The number of aromatic carboxylic acids is 1. The first kappa shape index (κ1) is 14.7. The number of hydrogen-bond donors (Lipinski definition) is 1. The van der Waals surface area contributed by atoms with E-state index < -0.39 is 5.97 Å². The summed E-state index contributed by atoms with van der Waals surface area (Å²) >= 11 is 1.41. The third-order valence-corrected chi connectivity index (χ3v) is 4.69. The molecule has 0 unspecified atom stereocenters. The monoisotopic (exact) mass is 316 g/mol. The predicted molar refractivity (Wildman–Crippen MR) is 84.4 cm³/mol. The first-order chi connectivity index (χ1) is 10.6. The van der Waals surface area contributed by atoms with Gasteiger partial charge in [-0.15, -0.1) is 11.3 Å². The van der Waals surface area contributed by atoms with Gasteiger partial charge in [-0.25, -0.2) is 9.78 Å². The zero-order valence-corrected chi connectivity index (χ0v) is 13.0. The van der Waals surface area contributed by atoms with Gasteiger partial charge < -0.3 is 10.0 Å². The van der Waals surface area contributed by atoms with Crippen molar-refractivity contribution in [3.05, 3.63) is 40.4 Å². The van der Waals surface area contributed by atoms with Crippen molar-refractivity contribution in [2.24, 2.45) is 0 Å². The summed E-state index contributed by atoms with van der Waals surface area (Å²) in [5.74, 6) is -1.29. The van der Waals surface area contributed by atoms with Crippen LogP contribution < -0.4 is 0 Å². The van der Waals surface area contributed by atoms with Gasteiger partial charge in [0.1, 0.15) is 5.01 Å². The quantitative estimate of drug-likeness (QED) is 0.945. The highest BCUT2D eigenvalue weighted by molar-refractivity contribution is 7.13. The molecular weight excluding hydrogens is 300 g/mol. The lowest BCUT2D eigenvalue weighted by Gasteiger charge is -2.20. The zero-order valence-electron chi connectivity index (χ0n) is 12.2. The van der Waals surface area contributed by atoms with E-state index in [0.717, 1.165) is 18.4 Å². The summed E-state index contributed by atoms with van der Waals surface area (Å²) in [6, 6.07) is 3.25. The van der Waals surface area contributed by atoms with Crippen molar-refractivity contribution in [3.63, 3.8) is 0 Å². The molecule has 114 valence electrons. The SMILES string of the molecule is Cc1ccc(C(=O)O)c(C(=O)N2CCCC2)c1-c1nccs1. The molecule has 0 spiro atoms. The molecular formula is C16H16N2O3S. The molecule has 1 fully saturated rings. The molecule has 22 heavy (non-hydrogen) atoms. The third kappa shape index (κ3) is 2.50. The molecule has 1 amide bonds. The Kier molecular flexibility index (Phi) is 3.94. The minimum absolute atomic E-state index is 0.0488. The number of rotatable bonds is 3. The fourth-order valence-corrected chi connectivity index (χ4v) is 3.56. The summed E-state index contributed by atoms with van der Waals surface area (Å²) in [6.45, 7) is 3.25. The van der Waals surface area contributed by atoms with Gasteiger partial charge in [0, 0.05) is 30.2 Å². The molecule has 0 radical (unpaired) electrons. The molecule has 1 N–H and O–H groups in total. The minimum atomic E-state index is -1.08. The molecule has 0 bridgehead atoms. The van der Waals surface area contributed by atoms with E-state index in [2.05, 4.69) is 4.98 Å². The summed E-state index contributed by atoms with van der Waals surface area (Å²) in [7, 11) is 0. The number of nitrogens with zero attached hydrogens (tertiary/aromatic N) is 2. The smallest absolute Gasteiger partial charge is 0.336 e. The summed E-state index contributed by atoms with van der Waals surface area (Å²) in [4.78, 5) is 30.5. The molecule has 2 aromatic rings. The largest absolute Gasteiger partial charge is 0.478 e. The molecule has 1 aliphatic heterocycles. The van der Waals surface area contributed by atoms with Crippen molar-refractivity contribution in [1.82, 2.24) is 9.88 Å².